The lowest BCUT2D eigenvalue weighted by molar-refractivity contribution is -0.124. The van der Waals surface area contributed by atoms with Crippen molar-refractivity contribution in [1.29, 1.82) is 0 Å². The minimum Gasteiger partial charge on any atom is -0.353 e. The summed E-state index contributed by atoms with van der Waals surface area (Å²) >= 11 is 6.72. The van der Waals surface area contributed by atoms with Gasteiger partial charge in [-0.15, -0.1) is 0 Å². The van der Waals surface area contributed by atoms with Crippen LogP contribution in [0.1, 0.15) is 0 Å². The second kappa shape index (κ2) is 5.81. The monoisotopic (exact) mass is 375 g/mol. The minimum atomic E-state index is -0.404. The van der Waals surface area contributed by atoms with Gasteiger partial charge in [-0.2, -0.15) is 0 Å². The molecule has 3 N–H and O–H groups in total. The van der Waals surface area contributed by atoms with Gasteiger partial charge in [0.1, 0.15) is 6.04 Å². The highest BCUT2D eigenvalue weighted by Crippen LogP contribution is 2.26. The first-order chi connectivity index (χ1) is 8.56. The van der Waals surface area contributed by atoms with Crippen molar-refractivity contribution < 1.29 is 9.59 Å². The zero-order valence-corrected chi connectivity index (χ0v) is 12.5. The standard InChI is InChI=1S/C11H11Br2N3O2/c12-6-1-2-8(7(13)3-6)16-11(18)9-4-15-10(17)5-14-9/h1-3,9,14H,4-5H2,(H,15,17)(H,16,18). The van der Waals surface area contributed by atoms with Crippen LogP contribution in [0.15, 0.2) is 27.1 Å². The van der Waals surface area contributed by atoms with Crippen molar-refractivity contribution in [2.24, 2.45) is 0 Å². The lowest BCUT2D eigenvalue weighted by Crippen LogP contribution is -2.56. The molecule has 0 radical (unpaired) electrons. The maximum Gasteiger partial charge on any atom is 0.243 e. The molecule has 0 bridgehead atoms. The van der Waals surface area contributed by atoms with E-state index in [0.717, 1.165) is 8.95 Å². The predicted molar refractivity (Wildman–Crippen MR) is 75.3 cm³/mol. The van der Waals surface area contributed by atoms with Gasteiger partial charge in [0, 0.05) is 15.5 Å². The number of piperazine rings is 1. The summed E-state index contributed by atoms with van der Waals surface area (Å²) in [7, 11) is 0. The number of benzene rings is 1. The number of rotatable bonds is 2. The summed E-state index contributed by atoms with van der Waals surface area (Å²) in [5.74, 6) is -0.262. The SMILES string of the molecule is O=C1CNC(C(=O)Nc2ccc(Br)cc2Br)CN1. The van der Waals surface area contributed by atoms with Crippen molar-refractivity contribution in [3.63, 3.8) is 0 Å². The third kappa shape index (κ3) is 3.30. The summed E-state index contributed by atoms with van der Waals surface area (Å²) in [4.78, 5) is 22.9. The molecule has 0 saturated carbocycles. The largest absolute Gasteiger partial charge is 0.353 e. The van der Waals surface area contributed by atoms with Crippen molar-refractivity contribution in [1.82, 2.24) is 10.6 Å². The maximum absolute atomic E-state index is 12.0. The molecule has 2 amide bonds. The molecule has 18 heavy (non-hydrogen) atoms. The van der Waals surface area contributed by atoms with Gasteiger partial charge >= 0.3 is 0 Å². The second-order valence-electron chi connectivity index (χ2n) is 3.85. The summed E-state index contributed by atoms with van der Waals surface area (Å²) in [5.41, 5.74) is 0.696. The smallest absolute Gasteiger partial charge is 0.243 e. The van der Waals surface area contributed by atoms with E-state index >= 15 is 0 Å². The van der Waals surface area contributed by atoms with E-state index in [-0.39, 0.29) is 18.4 Å². The van der Waals surface area contributed by atoms with Crippen molar-refractivity contribution in [2.75, 3.05) is 18.4 Å². The first-order valence-corrected chi connectivity index (χ1v) is 6.91. The van der Waals surface area contributed by atoms with Crippen LogP contribution in [-0.4, -0.2) is 30.9 Å². The highest BCUT2D eigenvalue weighted by molar-refractivity contribution is 9.11. The van der Waals surface area contributed by atoms with Gasteiger partial charge in [0.15, 0.2) is 0 Å². The van der Waals surface area contributed by atoms with Crippen LogP contribution in [0.5, 0.6) is 0 Å². The van der Waals surface area contributed by atoms with Crippen LogP contribution in [0.2, 0.25) is 0 Å². The number of nitrogens with one attached hydrogen (secondary N) is 3. The van der Waals surface area contributed by atoms with Gasteiger partial charge in [0.05, 0.1) is 12.2 Å². The summed E-state index contributed by atoms with van der Waals surface area (Å²) in [6.07, 6.45) is 0. The van der Waals surface area contributed by atoms with E-state index in [0.29, 0.717) is 12.2 Å². The highest BCUT2D eigenvalue weighted by Gasteiger charge is 2.23. The van der Waals surface area contributed by atoms with Gasteiger partial charge < -0.3 is 10.6 Å². The fraction of sp³-hybridized carbons (Fsp3) is 0.273. The molecule has 2 rings (SSSR count). The van der Waals surface area contributed by atoms with Crippen molar-refractivity contribution >= 4 is 49.4 Å². The molecule has 1 saturated heterocycles. The average molecular weight is 377 g/mol. The third-order valence-electron chi connectivity index (χ3n) is 2.52. The molecule has 7 heteroatoms. The number of hydrogen-bond acceptors (Lipinski definition) is 3. The second-order valence-corrected chi connectivity index (χ2v) is 5.62. The highest BCUT2D eigenvalue weighted by atomic mass is 79.9. The van der Waals surface area contributed by atoms with Crippen LogP contribution in [0, 0.1) is 0 Å². The van der Waals surface area contributed by atoms with Gasteiger partial charge in [-0.05, 0) is 34.1 Å². The van der Waals surface area contributed by atoms with E-state index in [2.05, 4.69) is 47.8 Å². The van der Waals surface area contributed by atoms with E-state index in [4.69, 9.17) is 0 Å². The molecule has 1 fully saturated rings. The van der Waals surface area contributed by atoms with E-state index in [1.807, 2.05) is 12.1 Å². The van der Waals surface area contributed by atoms with Gasteiger partial charge in [0.2, 0.25) is 11.8 Å². The lowest BCUT2D eigenvalue weighted by atomic mass is 10.2. The van der Waals surface area contributed by atoms with Gasteiger partial charge in [0.25, 0.3) is 0 Å². The molecule has 1 unspecified atom stereocenters. The Balaban J connectivity index is 2.00. The molecule has 1 heterocycles. The Morgan fingerprint density at radius 2 is 2.17 bits per heavy atom. The number of carbonyl (C=O) groups is 2. The Kier molecular flexibility index (Phi) is 4.36. The zero-order valence-electron chi connectivity index (χ0n) is 9.30. The van der Waals surface area contributed by atoms with Crippen LogP contribution < -0.4 is 16.0 Å². The van der Waals surface area contributed by atoms with Crippen molar-refractivity contribution in [3.05, 3.63) is 27.1 Å². The Hall–Kier alpha value is -0.920. The number of halogens is 2. The van der Waals surface area contributed by atoms with E-state index < -0.39 is 6.04 Å². The Labute approximate surface area is 121 Å². The summed E-state index contributed by atoms with van der Waals surface area (Å²) < 4.78 is 1.72. The third-order valence-corrected chi connectivity index (χ3v) is 3.67. The van der Waals surface area contributed by atoms with E-state index in [1.54, 1.807) is 6.07 Å². The molecule has 5 nitrogen and oxygen atoms in total. The van der Waals surface area contributed by atoms with Crippen LogP contribution in [0.4, 0.5) is 5.69 Å². The number of carbonyl (C=O) groups excluding carboxylic acids is 2. The Morgan fingerprint density at radius 1 is 1.39 bits per heavy atom. The van der Waals surface area contributed by atoms with Crippen molar-refractivity contribution in [2.45, 2.75) is 6.04 Å². The quantitative estimate of drug-likeness (QED) is 0.727. The van der Waals surface area contributed by atoms with Gasteiger partial charge in [-0.1, -0.05) is 15.9 Å². The van der Waals surface area contributed by atoms with E-state index in [9.17, 15) is 9.59 Å². The Morgan fingerprint density at radius 3 is 2.78 bits per heavy atom. The molecule has 0 aromatic heterocycles. The fourth-order valence-corrected chi connectivity index (χ4v) is 2.71. The molecule has 1 aromatic carbocycles. The van der Waals surface area contributed by atoms with Gasteiger partial charge in [-0.3, -0.25) is 14.9 Å². The topological polar surface area (TPSA) is 70.2 Å². The van der Waals surface area contributed by atoms with Crippen LogP contribution in [0.25, 0.3) is 0 Å². The lowest BCUT2D eigenvalue weighted by Gasteiger charge is -2.23. The van der Waals surface area contributed by atoms with E-state index in [1.165, 1.54) is 0 Å². The molecule has 1 aliphatic rings. The molecule has 1 aliphatic heterocycles. The molecule has 1 atom stereocenters. The Bertz CT molecular complexity index is 483. The first-order valence-electron chi connectivity index (χ1n) is 5.32. The summed E-state index contributed by atoms with van der Waals surface area (Å²) in [5, 5.41) is 8.31. The zero-order chi connectivity index (χ0) is 13.1. The molecule has 0 spiro atoms. The van der Waals surface area contributed by atoms with Crippen molar-refractivity contribution in [3.8, 4) is 0 Å². The van der Waals surface area contributed by atoms with Crippen LogP contribution in [0.3, 0.4) is 0 Å². The maximum atomic E-state index is 12.0. The number of amides is 2. The van der Waals surface area contributed by atoms with Crippen LogP contribution >= 0.6 is 31.9 Å². The molecular weight excluding hydrogens is 366 g/mol. The van der Waals surface area contributed by atoms with Gasteiger partial charge in [-0.25, -0.2) is 0 Å². The predicted octanol–water partition coefficient (Wildman–Crippen LogP) is 1.24. The minimum absolute atomic E-state index is 0.0936. The number of hydrogen-bond donors (Lipinski definition) is 3. The molecule has 0 aliphatic carbocycles. The number of anilines is 1. The molecule has 1 aromatic rings. The summed E-state index contributed by atoms with van der Waals surface area (Å²) in [6.45, 7) is 0.471. The average Bonchev–Trinajstić information content (AvgIpc) is 2.33. The fourth-order valence-electron chi connectivity index (χ4n) is 1.56. The first kappa shape index (κ1) is 13.5. The summed E-state index contributed by atoms with van der Waals surface area (Å²) in [6, 6.07) is 5.09. The normalized spacial score (nSPS) is 19.2. The van der Waals surface area contributed by atoms with Crippen LogP contribution in [-0.2, 0) is 9.59 Å². The molecular formula is C11H11Br2N3O2. The molecule has 96 valence electrons.